The lowest BCUT2D eigenvalue weighted by atomic mass is 10.1. The van der Waals surface area contributed by atoms with E-state index < -0.39 is 0 Å². The van der Waals surface area contributed by atoms with E-state index >= 15 is 0 Å². The molecule has 2 rings (SSSR count). The average Bonchev–Trinajstić information content (AvgIpc) is 2.38. The van der Waals surface area contributed by atoms with Crippen LogP contribution in [0.25, 0.3) is 0 Å². The van der Waals surface area contributed by atoms with Crippen LogP contribution in [0.2, 0.25) is 0 Å². The van der Waals surface area contributed by atoms with E-state index in [0.29, 0.717) is 6.01 Å². The van der Waals surface area contributed by atoms with Crippen molar-refractivity contribution in [3.8, 4) is 11.8 Å². The van der Waals surface area contributed by atoms with Gasteiger partial charge >= 0.3 is 6.01 Å². The van der Waals surface area contributed by atoms with Crippen LogP contribution in [0.1, 0.15) is 32.0 Å². The van der Waals surface area contributed by atoms with E-state index in [0.717, 1.165) is 23.6 Å². The van der Waals surface area contributed by atoms with E-state index in [9.17, 15) is 0 Å². The Balaban J connectivity index is 2.06. The topological polar surface area (TPSA) is 47.0 Å². The maximum atomic E-state index is 5.62. The fraction of sp³-hybridized carbons (Fsp3) is 0.375. The molecule has 1 aromatic heterocycles. The van der Waals surface area contributed by atoms with Gasteiger partial charge in [-0.15, -0.1) is 0 Å². The van der Waals surface area contributed by atoms with Gasteiger partial charge in [-0.25, -0.2) is 4.98 Å². The van der Waals surface area contributed by atoms with Crippen molar-refractivity contribution in [1.29, 1.82) is 0 Å². The number of ether oxygens (including phenoxy) is 1. The monoisotopic (exact) mass is 271 g/mol. The first kappa shape index (κ1) is 14.5. The quantitative estimate of drug-likeness (QED) is 0.925. The van der Waals surface area contributed by atoms with Crippen LogP contribution in [0, 0.1) is 6.92 Å². The van der Waals surface area contributed by atoms with Crippen LogP contribution in [-0.4, -0.2) is 15.5 Å². The van der Waals surface area contributed by atoms with E-state index in [2.05, 4.69) is 36.1 Å². The third-order valence-electron chi connectivity index (χ3n) is 2.82. The summed E-state index contributed by atoms with van der Waals surface area (Å²) in [5.41, 5.74) is 2.09. The molecule has 106 valence electrons. The highest BCUT2D eigenvalue weighted by atomic mass is 16.5. The number of rotatable bonds is 4. The third-order valence-corrected chi connectivity index (χ3v) is 2.82. The summed E-state index contributed by atoms with van der Waals surface area (Å²) in [5, 5.41) is 3.43. The summed E-state index contributed by atoms with van der Waals surface area (Å²) in [5.74, 6) is 0.743. The highest BCUT2D eigenvalue weighted by Crippen LogP contribution is 2.18. The zero-order valence-corrected chi connectivity index (χ0v) is 12.5. The normalized spacial score (nSPS) is 11.4. The zero-order chi connectivity index (χ0) is 14.6. The Labute approximate surface area is 120 Å². The van der Waals surface area contributed by atoms with Crippen molar-refractivity contribution >= 4 is 0 Å². The fourth-order valence-electron chi connectivity index (χ4n) is 1.65. The van der Waals surface area contributed by atoms with Crippen molar-refractivity contribution < 1.29 is 4.74 Å². The lowest BCUT2D eigenvalue weighted by Gasteiger charge is -2.20. The number of nitrogens with zero attached hydrogens (tertiary/aromatic N) is 2. The van der Waals surface area contributed by atoms with Crippen molar-refractivity contribution in [2.45, 2.75) is 39.8 Å². The van der Waals surface area contributed by atoms with E-state index in [1.807, 2.05) is 43.5 Å². The van der Waals surface area contributed by atoms with Crippen LogP contribution in [0.15, 0.2) is 36.5 Å². The molecule has 1 N–H and O–H groups in total. The van der Waals surface area contributed by atoms with Gasteiger partial charge in [0.1, 0.15) is 5.75 Å². The number of benzene rings is 1. The lowest BCUT2D eigenvalue weighted by Crippen LogP contribution is -2.35. The molecule has 1 aromatic carbocycles. The van der Waals surface area contributed by atoms with Gasteiger partial charge in [-0.2, -0.15) is 4.98 Å². The Morgan fingerprint density at radius 2 is 1.85 bits per heavy atom. The number of nitrogens with one attached hydrogen (secondary N) is 1. The molecular weight excluding hydrogens is 250 g/mol. The van der Waals surface area contributed by atoms with Gasteiger partial charge < -0.3 is 10.1 Å². The molecule has 0 spiro atoms. The van der Waals surface area contributed by atoms with Crippen LogP contribution in [0.4, 0.5) is 0 Å². The minimum Gasteiger partial charge on any atom is -0.424 e. The average molecular weight is 271 g/mol. The molecule has 0 saturated heterocycles. The largest absolute Gasteiger partial charge is 0.424 e. The smallest absolute Gasteiger partial charge is 0.322 e. The minimum atomic E-state index is 0.0750. The number of hydrogen-bond donors (Lipinski definition) is 1. The van der Waals surface area contributed by atoms with Crippen LogP contribution in [-0.2, 0) is 6.54 Å². The minimum absolute atomic E-state index is 0.0750. The molecule has 0 radical (unpaired) electrons. The Morgan fingerprint density at radius 1 is 1.15 bits per heavy atom. The summed E-state index contributed by atoms with van der Waals surface area (Å²) in [7, 11) is 0. The van der Waals surface area contributed by atoms with E-state index in [1.54, 1.807) is 0 Å². The van der Waals surface area contributed by atoms with Crippen LogP contribution in [0.5, 0.6) is 11.8 Å². The zero-order valence-electron chi connectivity index (χ0n) is 12.5. The fourth-order valence-corrected chi connectivity index (χ4v) is 1.65. The van der Waals surface area contributed by atoms with Crippen molar-refractivity contribution in [2.24, 2.45) is 0 Å². The number of hydrogen-bond acceptors (Lipinski definition) is 4. The van der Waals surface area contributed by atoms with E-state index in [4.69, 9.17) is 4.74 Å². The first-order valence-corrected chi connectivity index (χ1v) is 6.74. The highest BCUT2D eigenvalue weighted by molar-refractivity contribution is 5.25. The number of para-hydroxylation sites is 1. The van der Waals surface area contributed by atoms with Gasteiger partial charge in [-0.3, -0.25) is 0 Å². The van der Waals surface area contributed by atoms with Gasteiger partial charge in [0.05, 0.1) is 0 Å². The second kappa shape index (κ2) is 6.01. The van der Waals surface area contributed by atoms with Gasteiger partial charge in [0, 0.05) is 29.5 Å². The first-order valence-electron chi connectivity index (χ1n) is 6.74. The molecule has 0 amide bonds. The Hall–Kier alpha value is -1.94. The summed E-state index contributed by atoms with van der Waals surface area (Å²) in [6, 6.07) is 9.93. The van der Waals surface area contributed by atoms with Crippen molar-refractivity contribution in [2.75, 3.05) is 0 Å². The highest BCUT2D eigenvalue weighted by Gasteiger charge is 2.11. The SMILES string of the molecule is Cc1nc(Oc2ccccc2)ncc1CNC(C)(C)C. The molecule has 4 heteroatoms. The third kappa shape index (κ3) is 4.31. The standard InChI is InChI=1S/C16H21N3O/c1-12-13(11-18-16(2,3)4)10-17-15(19-12)20-14-8-6-5-7-9-14/h5-10,18H,11H2,1-4H3. The molecule has 20 heavy (non-hydrogen) atoms. The molecule has 0 bridgehead atoms. The summed E-state index contributed by atoms with van der Waals surface area (Å²) >= 11 is 0. The lowest BCUT2D eigenvalue weighted by molar-refractivity contribution is 0.418. The second-order valence-electron chi connectivity index (χ2n) is 5.78. The van der Waals surface area contributed by atoms with Gasteiger partial charge in [0.2, 0.25) is 0 Å². The number of aryl methyl sites for hydroxylation is 1. The van der Waals surface area contributed by atoms with Gasteiger partial charge in [0.15, 0.2) is 0 Å². The maximum absolute atomic E-state index is 5.62. The molecule has 0 atom stereocenters. The molecule has 0 aliphatic rings. The van der Waals surface area contributed by atoms with Crippen molar-refractivity contribution in [3.63, 3.8) is 0 Å². The molecule has 1 heterocycles. The molecule has 0 fully saturated rings. The maximum Gasteiger partial charge on any atom is 0.322 e. The van der Waals surface area contributed by atoms with Gasteiger partial charge in [0.25, 0.3) is 0 Å². The predicted octanol–water partition coefficient (Wildman–Crippen LogP) is 3.47. The Kier molecular flexibility index (Phi) is 4.35. The Bertz CT molecular complexity index is 562. The molecule has 0 aliphatic carbocycles. The summed E-state index contributed by atoms with van der Waals surface area (Å²) in [6.45, 7) is 9.13. The molecule has 2 aromatic rings. The number of aromatic nitrogens is 2. The second-order valence-corrected chi connectivity index (χ2v) is 5.78. The summed E-state index contributed by atoms with van der Waals surface area (Å²) in [6.07, 6.45) is 1.82. The van der Waals surface area contributed by atoms with Crippen LogP contribution < -0.4 is 10.1 Å². The van der Waals surface area contributed by atoms with E-state index in [1.165, 1.54) is 0 Å². The molecule has 0 saturated carbocycles. The molecule has 0 unspecified atom stereocenters. The summed E-state index contributed by atoms with van der Waals surface area (Å²) in [4.78, 5) is 8.66. The summed E-state index contributed by atoms with van der Waals surface area (Å²) < 4.78 is 5.62. The van der Waals surface area contributed by atoms with Crippen molar-refractivity contribution in [3.05, 3.63) is 47.8 Å². The molecular formula is C16H21N3O. The van der Waals surface area contributed by atoms with Gasteiger partial charge in [-0.05, 0) is 39.8 Å². The molecule has 4 nitrogen and oxygen atoms in total. The van der Waals surface area contributed by atoms with Crippen molar-refractivity contribution in [1.82, 2.24) is 15.3 Å². The van der Waals surface area contributed by atoms with Gasteiger partial charge in [-0.1, -0.05) is 18.2 Å². The van der Waals surface area contributed by atoms with Crippen LogP contribution in [0.3, 0.4) is 0 Å². The first-order chi connectivity index (χ1) is 9.44. The van der Waals surface area contributed by atoms with Crippen LogP contribution >= 0.6 is 0 Å². The Morgan fingerprint density at radius 3 is 2.45 bits per heavy atom. The molecule has 0 aliphatic heterocycles. The predicted molar refractivity (Wildman–Crippen MR) is 79.9 cm³/mol. The van der Waals surface area contributed by atoms with E-state index in [-0.39, 0.29) is 5.54 Å².